The maximum absolute atomic E-state index is 5.83. The molecule has 0 aliphatic rings. The summed E-state index contributed by atoms with van der Waals surface area (Å²) in [6.45, 7) is 5.45. The van der Waals surface area contributed by atoms with Gasteiger partial charge in [0.2, 0.25) is 0 Å². The van der Waals surface area contributed by atoms with Gasteiger partial charge < -0.3 is 19.9 Å². The summed E-state index contributed by atoms with van der Waals surface area (Å²) in [5.74, 6) is 1.40. The van der Waals surface area contributed by atoms with Crippen molar-refractivity contribution in [3.63, 3.8) is 0 Å². The standard InChI is InChI=1S/C13H20BrNO3/c1-4-17-12-6-10(7-15)5-11(14)13(12)18-9(2)8-16-3/h5-6,9H,4,7-8,15H2,1-3H3. The molecule has 1 aromatic carbocycles. The Hall–Kier alpha value is -0.780. The van der Waals surface area contributed by atoms with Crippen LogP contribution in [-0.2, 0) is 11.3 Å². The van der Waals surface area contributed by atoms with Crippen LogP contribution in [-0.4, -0.2) is 26.4 Å². The van der Waals surface area contributed by atoms with E-state index >= 15 is 0 Å². The first-order valence-electron chi connectivity index (χ1n) is 5.93. The van der Waals surface area contributed by atoms with Crippen LogP contribution in [0.25, 0.3) is 0 Å². The van der Waals surface area contributed by atoms with E-state index in [1.165, 1.54) is 0 Å². The molecule has 0 fully saturated rings. The molecule has 0 heterocycles. The third kappa shape index (κ3) is 4.15. The zero-order valence-electron chi connectivity index (χ0n) is 11.0. The second-order valence-corrected chi connectivity index (χ2v) is 4.78. The van der Waals surface area contributed by atoms with E-state index in [2.05, 4.69) is 15.9 Å². The molecule has 2 N–H and O–H groups in total. The van der Waals surface area contributed by atoms with Gasteiger partial charge in [-0.3, -0.25) is 0 Å². The van der Waals surface area contributed by atoms with E-state index in [1.54, 1.807) is 7.11 Å². The van der Waals surface area contributed by atoms with Crippen molar-refractivity contribution in [2.24, 2.45) is 5.73 Å². The lowest BCUT2D eigenvalue weighted by molar-refractivity contribution is 0.0888. The number of nitrogens with two attached hydrogens (primary N) is 1. The van der Waals surface area contributed by atoms with Crippen LogP contribution in [0.4, 0.5) is 0 Å². The molecule has 18 heavy (non-hydrogen) atoms. The summed E-state index contributed by atoms with van der Waals surface area (Å²) in [4.78, 5) is 0. The third-order valence-electron chi connectivity index (χ3n) is 2.33. The van der Waals surface area contributed by atoms with Crippen molar-refractivity contribution >= 4 is 15.9 Å². The van der Waals surface area contributed by atoms with E-state index in [1.807, 2.05) is 26.0 Å². The van der Waals surface area contributed by atoms with Gasteiger partial charge in [0, 0.05) is 13.7 Å². The van der Waals surface area contributed by atoms with Crippen molar-refractivity contribution in [2.45, 2.75) is 26.5 Å². The highest BCUT2D eigenvalue weighted by atomic mass is 79.9. The number of hydrogen-bond donors (Lipinski definition) is 1. The van der Waals surface area contributed by atoms with Crippen molar-refractivity contribution in [1.29, 1.82) is 0 Å². The van der Waals surface area contributed by atoms with Crippen LogP contribution in [0.1, 0.15) is 19.4 Å². The smallest absolute Gasteiger partial charge is 0.175 e. The highest BCUT2D eigenvalue weighted by molar-refractivity contribution is 9.10. The molecule has 0 saturated carbocycles. The Kier molecular flexibility index (Phi) is 6.46. The molecule has 1 unspecified atom stereocenters. The zero-order valence-corrected chi connectivity index (χ0v) is 12.6. The van der Waals surface area contributed by atoms with E-state index in [4.69, 9.17) is 19.9 Å². The molecule has 1 rings (SSSR count). The van der Waals surface area contributed by atoms with Gasteiger partial charge in [-0.1, -0.05) is 0 Å². The summed E-state index contributed by atoms with van der Waals surface area (Å²) in [7, 11) is 1.65. The van der Waals surface area contributed by atoms with Crippen LogP contribution in [0.5, 0.6) is 11.5 Å². The number of halogens is 1. The van der Waals surface area contributed by atoms with Crippen molar-refractivity contribution in [1.82, 2.24) is 0 Å². The van der Waals surface area contributed by atoms with Gasteiger partial charge in [0.15, 0.2) is 11.5 Å². The van der Waals surface area contributed by atoms with Gasteiger partial charge in [0.25, 0.3) is 0 Å². The summed E-state index contributed by atoms with van der Waals surface area (Å²) in [5.41, 5.74) is 6.64. The zero-order chi connectivity index (χ0) is 13.5. The molecule has 0 amide bonds. The second kappa shape index (κ2) is 7.61. The summed E-state index contributed by atoms with van der Waals surface area (Å²) in [6, 6.07) is 3.85. The molecule has 0 aliphatic heterocycles. The van der Waals surface area contributed by atoms with Crippen LogP contribution < -0.4 is 15.2 Å². The van der Waals surface area contributed by atoms with Gasteiger partial charge in [-0.15, -0.1) is 0 Å². The quantitative estimate of drug-likeness (QED) is 0.840. The van der Waals surface area contributed by atoms with Crippen molar-refractivity contribution in [2.75, 3.05) is 20.3 Å². The Bertz CT molecular complexity index is 385. The van der Waals surface area contributed by atoms with Crippen LogP contribution in [0, 0.1) is 0 Å². The lowest BCUT2D eigenvalue weighted by Gasteiger charge is -2.19. The van der Waals surface area contributed by atoms with Gasteiger partial charge in [0.1, 0.15) is 6.10 Å². The summed E-state index contributed by atoms with van der Waals surface area (Å²) in [6.07, 6.45) is -0.0470. The Balaban J connectivity index is 2.99. The van der Waals surface area contributed by atoms with Crippen LogP contribution in [0.3, 0.4) is 0 Å². The first-order chi connectivity index (χ1) is 8.62. The molecule has 102 valence electrons. The molecule has 1 atom stereocenters. The highest BCUT2D eigenvalue weighted by Crippen LogP contribution is 2.37. The number of benzene rings is 1. The Morgan fingerprint density at radius 3 is 2.67 bits per heavy atom. The first kappa shape index (κ1) is 15.3. The van der Waals surface area contributed by atoms with Crippen molar-refractivity contribution in [3.05, 3.63) is 22.2 Å². The predicted octanol–water partition coefficient (Wildman–Crippen LogP) is 2.72. The Morgan fingerprint density at radius 2 is 2.11 bits per heavy atom. The van der Waals surface area contributed by atoms with Crippen molar-refractivity contribution < 1.29 is 14.2 Å². The minimum atomic E-state index is -0.0470. The van der Waals surface area contributed by atoms with Crippen molar-refractivity contribution in [3.8, 4) is 11.5 Å². The monoisotopic (exact) mass is 317 g/mol. The molecule has 0 bridgehead atoms. The summed E-state index contributed by atoms with van der Waals surface area (Å²) in [5, 5.41) is 0. The average molecular weight is 318 g/mol. The summed E-state index contributed by atoms with van der Waals surface area (Å²) < 4.78 is 17.3. The largest absolute Gasteiger partial charge is 0.490 e. The fraction of sp³-hybridized carbons (Fsp3) is 0.538. The van der Waals surface area contributed by atoms with Crippen LogP contribution in [0.15, 0.2) is 16.6 Å². The first-order valence-corrected chi connectivity index (χ1v) is 6.72. The molecule has 0 saturated heterocycles. The topological polar surface area (TPSA) is 53.7 Å². The average Bonchev–Trinajstić information content (AvgIpc) is 2.33. The van der Waals surface area contributed by atoms with Crippen LogP contribution >= 0.6 is 15.9 Å². The van der Waals surface area contributed by atoms with E-state index in [0.717, 1.165) is 10.0 Å². The normalized spacial score (nSPS) is 12.3. The molecule has 0 aliphatic carbocycles. The number of ether oxygens (including phenoxy) is 3. The van der Waals surface area contributed by atoms with E-state index in [0.29, 0.717) is 31.3 Å². The van der Waals surface area contributed by atoms with Gasteiger partial charge in [-0.25, -0.2) is 0 Å². The van der Waals surface area contributed by atoms with Gasteiger partial charge in [-0.2, -0.15) is 0 Å². The molecule has 1 aromatic rings. The number of methoxy groups -OCH3 is 1. The lowest BCUT2D eigenvalue weighted by atomic mass is 10.2. The molecular weight excluding hydrogens is 298 g/mol. The summed E-state index contributed by atoms with van der Waals surface area (Å²) >= 11 is 3.49. The SMILES string of the molecule is CCOc1cc(CN)cc(Br)c1OC(C)COC. The third-order valence-corrected chi connectivity index (χ3v) is 2.91. The number of rotatable bonds is 7. The molecule has 0 aromatic heterocycles. The van der Waals surface area contributed by atoms with Gasteiger partial charge in [0.05, 0.1) is 17.7 Å². The van der Waals surface area contributed by atoms with E-state index in [9.17, 15) is 0 Å². The predicted molar refractivity (Wildman–Crippen MR) is 75.2 cm³/mol. The highest BCUT2D eigenvalue weighted by Gasteiger charge is 2.14. The van der Waals surface area contributed by atoms with E-state index < -0.39 is 0 Å². The molecular formula is C13H20BrNO3. The lowest BCUT2D eigenvalue weighted by Crippen LogP contribution is -2.19. The maximum Gasteiger partial charge on any atom is 0.175 e. The Labute approximate surface area is 117 Å². The van der Waals surface area contributed by atoms with Gasteiger partial charge >= 0.3 is 0 Å². The van der Waals surface area contributed by atoms with E-state index in [-0.39, 0.29) is 6.10 Å². The second-order valence-electron chi connectivity index (χ2n) is 3.93. The number of hydrogen-bond acceptors (Lipinski definition) is 4. The fourth-order valence-electron chi connectivity index (χ4n) is 1.59. The fourth-order valence-corrected chi connectivity index (χ4v) is 2.17. The minimum Gasteiger partial charge on any atom is -0.490 e. The minimum absolute atomic E-state index is 0.0470. The maximum atomic E-state index is 5.83. The molecule has 4 nitrogen and oxygen atoms in total. The molecule has 0 spiro atoms. The molecule has 5 heteroatoms. The van der Waals surface area contributed by atoms with Gasteiger partial charge in [-0.05, 0) is 47.5 Å². The van der Waals surface area contributed by atoms with Crippen LogP contribution in [0.2, 0.25) is 0 Å². The Morgan fingerprint density at radius 1 is 1.39 bits per heavy atom. The molecule has 0 radical (unpaired) electrons.